The number of hydrogen-bond acceptors (Lipinski definition) is 4. The van der Waals surface area contributed by atoms with E-state index in [0.29, 0.717) is 29.5 Å². The van der Waals surface area contributed by atoms with Gasteiger partial charge in [0.1, 0.15) is 0 Å². The molecule has 2 heterocycles. The van der Waals surface area contributed by atoms with E-state index in [2.05, 4.69) is 34.0 Å². The molecule has 5 nitrogen and oxygen atoms in total. The Bertz CT molecular complexity index is 883. The van der Waals surface area contributed by atoms with E-state index >= 15 is 0 Å². The van der Waals surface area contributed by atoms with Crippen LogP contribution < -0.4 is 10.2 Å². The van der Waals surface area contributed by atoms with Gasteiger partial charge in [0.15, 0.2) is 0 Å². The van der Waals surface area contributed by atoms with Gasteiger partial charge < -0.3 is 15.0 Å². The molecule has 1 fully saturated rings. The highest BCUT2D eigenvalue weighted by atomic mass is 35.5. The number of carbonyl (C=O) groups excluding carboxylic acids is 1. The number of ether oxygens (including phenoxy) is 1. The lowest BCUT2D eigenvalue weighted by molar-refractivity contribution is 0.102. The van der Waals surface area contributed by atoms with Crippen LogP contribution in [0.5, 0.6) is 0 Å². The molecule has 1 aromatic carbocycles. The van der Waals surface area contributed by atoms with Crippen LogP contribution in [0.15, 0.2) is 36.7 Å². The first kappa shape index (κ1) is 20.2. The van der Waals surface area contributed by atoms with Crippen molar-refractivity contribution in [3.63, 3.8) is 0 Å². The molecule has 1 N–H and O–H groups in total. The van der Waals surface area contributed by atoms with Crippen LogP contribution in [0.4, 0.5) is 11.4 Å². The summed E-state index contributed by atoms with van der Waals surface area (Å²) in [6.45, 7) is 5.14. The lowest BCUT2D eigenvalue weighted by Gasteiger charge is -2.29. The van der Waals surface area contributed by atoms with Crippen LogP contribution in [-0.4, -0.2) is 37.2 Å². The number of anilines is 2. The maximum absolute atomic E-state index is 12.6. The van der Waals surface area contributed by atoms with Gasteiger partial charge in [-0.25, -0.2) is 0 Å². The molecule has 146 valence electrons. The van der Waals surface area contributed by atoms with Crippen molar-refractivity contribution in [2.24, 2.45) is 0 Å². The molecule has 0 radical (unpaired) electrons. The molecule has 1 aromatic heterocycles. The van der Waals surface area contributed by atoms with E-state index in [0.717, 1.165) is 43.6 Å². The average Bonchev–Trinajstić information content (AvgIpc) is 2.72. The van der Waals surface area contributed by atoms with Gasteiger partial charge in [-0.15, -0.1) is 0 Å². The lowest BCUT2D eigenvalue weighted by Crippen LogP contribution is -2.36. The van der Waals surface area contributed by atoms with Crippen LogP contribution in [0.3, 0.4) is 0 Å². The SMILES string of the molecule is CCCCC#Cc1cncc(C(=O)Nc2ccc(N3CCOCC3)c(Cl)c2)c1. The predicted molar refractivity (Wildman–Crippen MR) is 113 cm³/mol. The zero-order valence-electron chi connectivity index (χ0n) is 16.0. The fourth-order valence-corrected chi connectivity index (χ4v) is 3.21. The molecular formula is C22H24ClN3O2. The van der Waals surface area contributed by atoms with E-state index in [1.165, 1.54) is 6.20 Å². The van der Waals surface area contributed by atoms with Crippen LogP contribution in [0.25, 0.3) is 0 Å². The lowest BCUT2D eigenvalue weighted by atomic mass is 10.1. The fourth-order valence-electron chi connectivity index (χ4n) is 2.91. The van der Waals surface area contributed by atoms with Gasteiger partial charge in [-0.2, -0.15) is 0 Å². The third kappa shape index (κ3) is 5.48. The van der Waals surface area contributed by atoms with Crippen molar-refractivity contribution in [1.82, 2.24) is 4.98 Å². The number of morpholine rings is 1. The molecule has 0 bridgehead atoms. The number of halogens is 1. The molecular weight excluding hydrogens is 374 g/mol. The Morgan fingerprint density at radius 1 is 1.29 bits per heavy atom. The third-order valence-corrected chi connectivity index (χ3v) is 4.75. The van der Waals surface area contributed by atoms with Crippen molar-refractivity contribution >= 4 is 28.9 Å². The first-order valence-electron chi connectivity index (χ1n) is 9.55. The first-order valence-corrected chi connectivity index (χ1v) is 9.92. The summed E-state index contributed by atoms with van der Waals surface area (Å²) < 4.78 is 5.38. The van der Waals surface area contributed by atoms with Crippen molar-refractivity contribution in [2.45, 2.75) is 26.2 Å². The second-order valence-corrected chi connectivity index (χ2v) is 6.99. The number of amides is 1. The fraction of sp³-hybridized carbons (Fsp3) is 0.364. The number of nitrogens with zero attached hydrogens (tertiary/aromatic N) is 2. The Morgan fingerprint density at radius 3 is 2.86 bits per heavy atom. The zero-order valence-corrected chi connectivity index (χ0v) is 16.8. The molecule has 1 amide bonds. The largest absolute Gasteiger partial charge is 0.378 e. The van der Waals surface area contributed by atoms with Crippen molar-refractivity contribution in [3.05, 3.63) is 52.8 Å². The van der Waals surface area contributed by atoms with Crippen LogP contribution in [-0.2, 0) is 4.74 Å². The molecule has 1 saturated heterocycles. The number of aromatic nitrogens is 1. The quantitative estimate of drug-likeness (QED) is 0.601. The van der Waals surface area contributed by atoms with Gasteiger partial charge in [0.2, 0.25) is 0 Å². The predicted octanol–water partition coefficient (Wildman–Crippen LogP) is 4.37. The minimum atomic E-state index is -0.236. The highest BCUT2D eigenvalue weighted by molar-refractivity contribution is 6.33. The van der Waals surface area contributed by atoms with Crippen LogP contribution in [0.1, 0.15) is 42.1 Å². The van der Waals surface area contributed by atoms with Crippen LogP contribution >= 0.6 is 11.6 Å². The Labute approximate surface area is 171 Å². The normalized spacial score (nSPS) is 13.6. The number of benzene rings is 1. The summed E-state index contributed by atoms with van der Waals surface area (Å²) >= 11 is 6.44. The monoisotopic (exact) mass is 397 g/mol. The Balaban J connectivity index is 1.67. The van der Waals surface area contributed by atoms with Gasteiger partial charge in [0.05, 0.1) is 29.5 Å². The summed E-state index contributed by atoms with van der Waals surface area (Å²) in [7, 11) is 0. The molecule has 28 heavy (non-hydrogen) atoms. The maximum Gasteiger partial charge on any atom is 0.257 e. The number of hydrogen-bond donors (Lipinski definition) is 1. The van der Waals surface area contributed by atoms with E-state index in [4.69, 9.17) is 16.3 Å². The van der Waals surface area contributed by atoms with Gasteiger partial charge >= 0.3 is 0 Å². The van der Waals surface area contributed by atoms with Crippen LogP contribution in [0, 0.1) is 11.8 Å². The number of nitrogens with one attached hydrogen (secondary N) is 1. The van der Waals surface area contributed by atoms with E-state index < -0.39 is 0 Å². The second-order valence-electron chi connectivity index (χ2n) is 6.59. The van der Waals surface area contributed by atoms with Crippen molar-refractivity contribution in [2.75, 3.05) is 36.5 Å². The Morgan fingerprint density at radius 2 is 2.11 bits per heavy atom. The smallest absolute Gasteiger partial charge is 0.257 e. The summed E-state index contributed by atoms with van der Waals surface area (Å²) in [6.07, 6.45) is 6.24. The molecule has 0 aliphatic carbocycles. The Hall–Kier alpha value is -2.55. The van der Waals surface area contributed by atoms with Crippen molar-refractivity contribution in [3.8, 4) is 11.8 Å². The Kier molecular flexibility index (Phi) is 7.30. The van der Waals surface area contributed by atoms with Gasteiger partial charge in [0, 0.05) is 43.2 Å². The summed E-state index contributed by atoms with van der Waals surface area (Å²) in [5.41, 5.74) is 2.81. The van der Waals surface area contributed by atoms with Crippen molar-refractivity contribution in [1.29, 1.82) is 0 Å². The maximum atomic E-state index is 12.6. The topological polar surface area (TPSA) is 54.5 Å². The van der Waals surface area contributed by atoms with Gasteiger partial charge in [-0.1, -0.05) is 36.8 Å². The van der Waals surface area contributed by atoms with E-state index in [1.807, 2.05) is 12.1 Å². The standard InChI is InChI=1S/C22H24ClN3O2/c1-2-3-4-5-6-17-13-18(16-24-15-17)22(27)25-19-7-8-21(20(23)14-19)26-9-11-28-12-10-26/h7-8,13-16H,2-4,9-12H2,1H3,(H,25,27). The van der Waals surface area contributed by atoms with Crippen molar-refractivity contribution < 1.29 is 9.53 Å². The van der Waals surface area contributed by atoms with Gasteiger partial charge in [0.25, 0.3) is 5.91 Å². The number of unbranched alkanes of at least 4 members (excludes halogenated alkanes) is 2. The third-order valence-electron chi connectivity index (χ3n) is 4.45. The van der Waals surface area contributed by atoms with E-state index in [-0.39, 0.29) is 5.91 Å². The summed E-state index contributed by atoms with van der Waals surface area (Å²) in [5.74, 6) is 5.94. The minimum absolute atomic E-state index is 0.236. The zero-order chi connectivity index (χ0) is 19.8. The highest BCUT2D eigenvalue weighted by Crippen LogP contribution is 2.29. The minimum Gasteiger partial charge on any atom is -0.378 e. The van der Waals surface area contributed by atoms with E-state index in [1.54, 1.807) is 18.3 Å². The molecule has 1 aliphatic rings. The summed E-state index contributed by atoms with van der Waals surface area (Å²) in [4.78, 5) is 18.9. The molecule has 6 heteroatoms. The van der Waals surface area contributed by atoms with E-state index in [9.17, 15) is 4.79 Å². The molecule has 1 aliphatic heterocycles. The first-order chi connectivity index (χ1) is 13.7. The van der Waals surface area contributed by atoms with Gasteiger partial charge in [-0.05, 0) is 30.7 Å². The summed E-state index contributed by atoms with van der Waals surface area (Å²) in [5, 5.41) is 3.48. The number of pyridine rings is 1. The number of carbonyl (C=O) groups is 1. The summed E-state index contributed by atoms with van der Waals surface area (Å²) in [6, 6.07) is 7.31. The molecule has 0 spiro atoms. The molecule has 2 aromatic rings. The average molecular weight is 398 g/mol. The highest BCUT2D eigenvalue weighted by Gasteiger charge is 2.15. The second kappa shape index (κ2) is 10.1. The van der Waals surface area contributed by atoms with Gasteiger partial charge in [-0.3, -0.25) is 9.78 Å². The molecule has 0 atom stereocenters. The number of rotatable bonds is 5. The van der Waals surface area contributed by atoms with Crippen LogP contribution in [0.2, 0.25) is 5.02 Å². The molecule has 0 unspecified atom stereocenters. The molecule has 0 saturated carbocycles. The molecule has 3 rings (SSSR count).